The van der Waals surface area contributed by atoms with Crippen LogP contribution in [0.5, 0.6) is 0 Å². The van der Waals surface area contributed by atoms with E-state index in [1.54, 1.807) is 11.8 Å². The molecule has 0 saturated carbocycles. The maximum Gasteiger partial charge on any atom is 0.0584 e. The van der Waals surface area contributed by atoms with Gasteiger partial charge in [-0.2, -0.15) is 5.10 Å². The number of aryl methyl sites for hydroxylation is 1. The van der Waals surface area contributed by atoms with Gasteiger partial charge in [0, 0.05) is 28.9 Å². The van der Waals surface area contributed by atoms with Gasteiger partial charge in [0.05, 0.1) is 11.7 Å². The summed E-state index contributed by atoms with van der Waals surface area (Å²) in [5.74, 6) is 0.956. The Morgan fingerprint density at radius 2 is 2.06 bits per heavy atom. The lowest BCUT2D eigenvalue weighted by atomic mass is 10.2. The molecule has 0 radical (unpaired) electrons. The van der Waals surface area contributed by atoms with Crippen LogP contribution in [0.2, 0.25) is 5.02 Å². The third-order valence-electron chi connectivity index (χ3n) is 2.79. The number of hydrogen-bond acceptors (Lipinski definition) is 3. The topological polar surface area (TPSA) is 29.9 Å². The van der Waals surface area contributed by atoms with Gasteiger partial charge in [0.1, 0.15) is 0 Å². The molecule has 1 aromatic carbocycles. The smallest absolute Gasteiger partial charge is 0.0584 e. The highest BCUT2D eigenvalue weighted by Crippen LogP contribution is 2.25. The number of aromatic nitrogens is 2. The summed E-state index contributed by atoms with van der Waals surface area (Å²) >= 11 is 7.68. The summed E-state index contributed by atoms with van der Waals surface area (Å²) in [5, 5.41) is 8.30. The van der Waals surface area contributed by atoms with Gasteiger partial charge in [-0.25, -0.2) is 0 Å². The molecular weight excluding hydrogens is 266 g/mol. The Kier molecular flexibility index (Phi) is 4.69. The van der Waals surface area contributed by atoms with Crippen molar-refractivity contribution in [2.45, 2.75) is 10.9 Å². The zero-order valence-electron chi connectivity index (χ0n) is 10.4. The molecule has 0 fully saturated rings. The van der Waals surface area contributed by atoms with Crippen molar-refractivity contribution >= 4 is 23.4 Å². The lowest BCUT2D eigenvalue weighted by Gasteiger charge is -2.16. The van der Waals surface area contributed by atoms with Crippen molar-refractivity contribution in [3.8, 4) is 0 Å². The largest absolute Gasteiger partial charge is 0.311 e. The van der Waals surface area contributed by atoms with Gasteiger partial charge in [0.25, 0.3) is 0 Å². The number of hydrogen-bond donors (Lipinski definition) is 1. The second-order valence-electron chi connectivity index (χ2n) is 3.99. The number of benzene rings is 1. The van der Waals surface area contributed by atoms with Gasteiger partial charge in [-0.1, -0.05) is 11.6 Å². The van der Waals surface area contributed by atoms with Crippen LogP contribution in [0.3, 0.4) is 0 Å². The fourth-order valence-electron chi connectivity index (χ4n) is 1.75. The van der Waals surface area contributed by atoms with E-state index in [0.717, 1.165) is 10.8 Å². The molecule has 1 unspecified atom stereocenters. The predicted molar refractivity (Wildman–Crippen MR) is 77.2 cm³/mol. The number of thioether (sulfide) groups is 1. The second kappa shape index (κ2) is 6.27. The molecule has 0 amide bonds. The molecule has 0 bridgehead atoms. The van der Waals surface area contributed by atoms with Gasteiger partial charge in [0.2, 0.25) is 0 Å². The minimum absolute atomic E-state index is 0.290. The first-order valence-electron chi connectivity index (χ1n) is 5.74. The van der Waals surface area contributed by atoms with Crippen LogP contribution in [0.25, 0.3) is 0 Å². The number of nitrogens with one attached hydrogen (secondary N) is 1. The van der Waals surface area contributed by atoms with Crippen molar-refractivity contribution in [3.05, 3.63) is 47.2 Å². The first-order chi connectivity index (χ1) is 8.70. The van der Waals surface area contributed by atoms with Crippen LogP contribution < -0.4 is 5.32 Å². The van der Waals surface area contributed by atoms with Crippen LogP contribution in [0.1, 0.15) is 11.7 Å². The van der Waals surface area contributed by atoms with Crippen molar-refractivity contribution in [2.24, 2.45) is 7.05 Å². The molecule has 0 spiro atoms. The molecule has 1 aromatic heterocycles. The third-order valence-corrected chi connectivity index (χ3v) is 4.15. The monoisotopic (exact) mass is 281 g/mol. The summed E-state index contributed by atoms with van der Waals surface area (Å²) in [7, 11) is 3.94. The highest BCUT2D eigenvalue weighted by atomic mass is 35.5. The van der Waals surface area contributed by atoms with Crippen molar-refractivity contribution < 1.29 is 0 Å². The van der Waals surface area contributed by atoms with Crippen LogP contribution in [0.4, 0.5) is 0 Å². The number of halogens is 1. The summed E-state index contributed by atoms with van der Waals surface area (Å²) in [6.45, 7) is 0. The van der Waals surface area contributed by atoms with E-state index < -0.39 is 0 Å². The van der Waals surface area contributed by atoms with Crippen molar-refractivity contribution in [2.75, 3.05) is 12.8 Å². The fraction of sp³-hybridized carbons (Fsp3) is 0.308. The Bertz CT molecular complexity index is 495. The molecule has 0 aliphatic carbocycles. The van der Waals surface area contributed by atoms with E-state index >= 15 is 0 Å². The van der Waals surface area contributed by atoms with E-state index in [4.69, 9.17) is 11.6 Å². The SMILES string of the molecule is CNC(CSc1ccc(Cl)cc1)c1ccnn1C. The lowest BCUT2D eigenvalue weighted by molar-refractivity contribution is 0.586. The van der Waals surface area contributed by atoms with Crippen molar-refractivity contribution in [3.63, 3.8) is 0 Å². The zero-order chi connectivity index (χ0) is 13.0. The van der Waals surface area contributed by atoms with Crippen LogP contribution in [0, 0.1) is 0 Å². The minimum Gasteiger partial charge on any atom is -0.311 e. The van der Waals surface area contributed by atoms with Crippen LogP contribution >= 0.6 is 23.4 Å². The van der Waals surface area contributed by atoms with Gasteiger partial charge in [0.15, 0.2) is 0 Å². The van der Waals surface area contributed by atoms with Gasteiger partial charge in [-0.3, -0.25) is 4.68 Å². The molecule has 3 nitrogen and oxygen atoms in total. The summed E-state index contributed by atoms with van der Waals surface area (Å²) in [4.78, 5) is 1.22. The molecule has 0 aliphatic heterocycles. The van der Waals surface area contributed by atoms with Crippen molar-refractivity contribution in [1.29, 1.82) is 0 Å². The minimum atomic E-state index is 0.290. The molecule has 2 aromatic rings. The molecule has 1 atom stereocenters. The normalized spacial score (nSPS) is 12.6. The van der Waals surface area contributed by atoms with Gasteiger partial charge in [-0.05, 0) is 37.4 Å². The molecule has 18 heavy (non-hydrogen) atoms. The van der Waals surface area contributed by atoms with Gasteiger partial charge < -0.3 is 5.32 Å². The lowest BCUT2D eigenvalue weighted by Crippen LogP contribution is -2.21. The van der Waals surface area contributed by atoms with Crippen LogP contribution in [-0.2, 0) is 7.05 Å². The number of nitrogens with zero attached hydrogens (tertiary/aromatic N) is 2. The van der Waals surface area contributed by atoms with E-state index in [-0.39, 0.29) is 6.04 Å². The molecule has 1 heterocycles. The van der Waals surface area contributed by atoms with E-state index in [0.29, 0.717) is 0 Å². The Morgan fingerprint density at radius 1 is 1.33 bits per heavy atom. The Hall–Kier alpha value is -0.970. The molecular formula is C13H16ClN3S. The summed E-state index contributed by atoms with van der Waals surface area (Å²) in [6, 6.07) is 10.3. The van der Waals surface area contributed by atoms with Crippen LogP contribution in [0.15, 0.2) is 41.4 Å². The predicted octanol–water partition coefficient (Wildman–Crippen LogP) is 3.13. The maximum absolute atomic E-state index is 5.87. The Balaban J connectivity index is 2.00. The van der Waals surface area contributed by atoms with Gasteiger partial charge >= 0.3 is 0 Å². The molecule has 0 saturated heterocycles. The highest BCUT2D eigenvalue weighted by molar-refractivity contribution is 7.99. The Morgan fingerprint density at radius 3 is 2.61 bits per heavy atom. The third kappa shape index (κ3) is 3.28. The number of rotatable bonds is 5. The second-order valence-corrected chi connectivity index (χ2v) is 5.52. The first-order valence-corrected chi connectivity index (χ1v) is 7.10. The average molecular weight is 282 g/mol. The maximum atomic E-state index is 5.87. The van der Waals surface area contributed by atoms with E-state index in [2.05, 4.69) is 10.4 Å². The molecule has 5 heteroatoms. The highest BCUT2D eigenvalue weighted by Gasteiger charge is 2.12. The quantitative estimate of drug-likeness (QED) is 0.854. The molecule has 0 aliphatic rings. The average Bonchev–Trinajstić information content (AvgIpc) is 2.79. The standard InChI is InChI=1S/C13H16ClN3S/c1-15-12(13-7-8-16-17(13)2)9-18-11-5-3-10(14)4-6-11/h3-8,12,15H,9H2,1-2H3. The molecule has 96 valence electrons. The summed E-state index contributed by atoms with van der Waals surface area (Å²) < 4.78 is 1.91. The first kappa shape index (κ1) is 13.5. The molecule has 2 rings (SSSR count). The molecule has 1 N–H and O–H groups in total. The fourth-order valence-corrected chi connectivity index (χ4v) is 2.90. The van der Waals surface area contributed by atoms with Crippen LogP contribution in [-0.4, -0.2) is 22.6 Å². The van der Waals surface area contributed by atoms with Crippen molar-refractivity contribution in [1.82, 2.24) is 15.1 Å². The Labute approximate surface area is 117 Å². The summed E-state index contributed by atoms with van der Waals surface area (Å²) in [5.41, 5.74) is 1.19. The van der Waals surface area contributed by atoms with E-state index in [1.165, 1.54) is 10.6 Å². The summed E-state index contributed by atoms with van der Waals surface area (Å²) in [6.07, 6.45) is 1.83. The van der Waals surface area contributed by atoms with E-state index in [1.807, 2.05) is 55.3 Å². The van der Waals surface area contributed by atoms with E-state index in [9.17, 15) is 0 Å². The van der Waals surface area contributed by atoms with Gasteiger partial charge in [-0.15, -0.1) is 11.8 Å². The zero-order valence-corrected chi connectivity index (χ0v) is 12.0.